The Hall–Kier alpha value is -3.15. The van der Waals surface area contributed by atoms with Crippen molar-refractivity contribution in [2.75, 3.05) is 33.9 Å². The van der Waals surface area contributed by atoms with Crippen LogP contribution in [0.4, 0.5) is 17.6 Å². The minimum atomic E-state index is -4.96. The Morgan fingerprint density at radius 1 is 1.13 bits per heavy atom. The molecule has 0 aliphatic carbocycles. The van der Waals surface area contributed by atoms with E-state index in [0.717, 1.165) is 22.2 Å². The SMILES string of the molecule is COCCn1cc(CON2CCC(c3cc(CNC(=O)C(F)(F)F)ccc3F)CC2)c2c(OC)cccc21. The second kappa shape index (κ2) is 12.1. The summed E-state index contributed by atoms with van der Waals surface area (Å²) in [6.07, 6.45) is -1.68. The van der Waals surface area contributed by atoms with Crippen LogP contribution in [0.3, 0.4) is 0 Å². The number of rotatable bonds is 10. The molecule has 1 fully saturated rings. The Bertz CT molecular complexity index is 1250. The smallest absolute Gasteiger partial charge is 0.471 e. The third-order valence-electron chi connectivity index (χ3n) is 6.77. The van der Waals surface area contributed by atoms with Gasteiger partial charge in [-0.15, -0.1) is 0 Å². The molecule has 0 saturated carbocycles. The fourth-order valence-electron chi connectivity index (χ4n) is 4.81. The maximum Gasteiger partial charge on any atom is 0.471 e. The first-order valence-corrected chi connectivity index (χ1v) is 12.4. The quantitative estimate of drug-likeness (QED) is 0.372. The number of carbonyl (C=O) groups is 1. The number of halogens is 4. The van der Waals surface area contributed by atoms with E-state index in [4.69, 9.17) is 14.3 Å². The topological polar surface area (TPSA) is 65.0 Å². The van der Waals surface area contributed by atoms with Gasteiger partial charge in [-0.1, -0.05) is 18.2 Å². The molecule has 2 aromatic carbocycles. The van der Waals surface area contributed by atoms with Gasteiger partial charge in [-0.05, 0) is 48.1 Å². The van der Waals surface area contributed by atoms with E-state index in [1.54, 1.807) is 14.2 Å². The summed E-state index contributed by atoms with van der Waals surface area (Å²) in [6.45, 7) is 2.41. The molecule has 7 nitrogen and oxygen atoms in total. The van der Waals surface area contributed by atoms with Crippen molar-refractivity contribution < 1.29 is 36.7 Å². The van der Waals surface area contributed by atoms with Crippen molar-refractivity contribution in [3.8, 4) is 5.75 Å². The highest BCUT2D eigenvalue weighted by molar-refractivity contribution is 5.90. The second-order valence-electron chi connectivity index (χ2n) is 9.21. The summed E-state index contributed by atoms with van der Waals surface area (Å²) in [5.41, 5.74) is 2.86. The molecule has 1 amide bonds. The highest BCUT2D eigenvalue weighted by Crippen LogP contribution is 2.33. The number of nitrogens with one attached hydrogen (secondary N) is 1. The Morgan fingerprint density at radius 3 is 2.58 bits per heavy atom. The van der Waals surface area contributed by atoms with E-state index >= 15 is 0 Å². The van der Waals surface area contributed by atoms with Crippen LogP contribution in [0.5, 0.6) is 5.75 Å². The number of fused-ring (bicyclic) bond motifs is 1. The first-order chi connectivity index (χ1) is 18.2. The molecule has 0 radical (unpaired) electrons. The average Bonchev–Trinajstić information content (AvgIpc) is 3.27. The molecule has 1 saturated heterocycles. The normalized spacial score (nSPS) is 15.2. The summed E-state index contributed by atoms with van der Waals surface area (Å²) in [5, 5.41) is 4.67. The maximum atomic E-state index is 14.6. The largest absolute Gasteiger partial charge is 0.496 e. The third kappa shape index (κ3) is 6.46. The van der Waals surface area contributed by atoms with Gasteiger partial charge < -0.3 is 19.4 Å². The van der Waals surface area contributed by atoms with Gasteiger partial charge >= 0.3 is 12.1 Å². The van der Waals surface area contributed by atoms with Crippen LogP contribution in [0.25, 0.3) is 10.9 Å². The Morgan fingerprint density at radius 2 is 1.89 bits per heavy atom. The summed E-state index contributed by atoms with van der Waals surface area (Å²) in [5.74, 6) is -1.78. The Kier molecular flexibility index (Phi) is 8.91. The highest BCUT2D eigenvalue weighted by atomic mass is 19.4. The molecule has 1 N–H and O–H groups in total. The van der Waals surface area contributed by atoms with Crippen LogP contribution < -0.4 is 10.1 Å². The lowest BCUT2D eigenvalue weighted by Gasteiger charge is -2.31. The number of hydrogen-bond acceptors (Lipinski definition) is 5. The van der Waals surface area contributed by atoms with E-state index in [2.05, 4.69) is 4.57 Å². The number of methoxy groups -OCH3 is 2. The third-order valence-corrected chi connectivity index (χ3v) is 6.77. The molecule has 38 heavy (non-hydrogen) atoms. The minimum Gasteiger partial charge on any atom is -0.496 e. The van der Waals surface area contributed by atoms with Crippen molar-refractivity contribution in [1.29, 1.82) is 0 Å². The van der Waals surface area contributed by atoms with Gasteiger partial charge in [0.1, 0.15) is 11.6 Å². The molecule has 206 valence electrons. The van der Waals surface area contributed by atoms with Crippen molar-refractivity contribution in [3.63, 3.8) is 0 Å². The highest BCUT2D eigenvalue weighted by Gasteiger charge is 2.38. The van der Waals surface area contributed by atoms with Crippen molar-refractivity contribution >= 4 is 16.8 Å². The molecule has 0 spiro atoms. The molecule has 0 atom stereocenters. The average molecular weight is 538 g/mol. The molecular formula is C27H31F4N3O4. The van der Waals surface area contributed by atoms with E-state index in [0.29, 0.717) is 56.8 Å². The Balaban J connectivity index is 1.37. The molecule has 2 heterocycles. The van der Waals surface area contributed by atoms with Crippen LogP contribution in [-0.4, -0.2) is 55.6 Å². The van der Waals surface area contributed by atoms with Gasteiger partial charge in [0.05, 0.1) is 25.8 Å². The van der Waals surface area contributed by atoms with Gasteiger partial charge in [0.15, 0.2) is 0 Å². The predicted octanol–water partition coefficient (Wildman–Crippen LogP) is 4.93. The first kappa shape index (κ1) is 27.9. The molecular weight excluding hydrogens is 506 g/mol. The number of benzene rings is 2. The van der Waals surface area contributed by atoms with Gasteiger partial charge in [0.25, 0.3) is 0 Å². The number of nitrogens with zero attached hydrogens (tertiary/aromatic N) is 2. The lowest BCUT2D eigenvalue weighted by Crippen LogP contribution is -2.36. The number of amides is 1. The van der Waals surface area contributed by atoms with Crippen molar-refractivity contribution in [1.82, 2.24) is 14.9 Å². The molecule has 1 aliphatic heterocycles. The van der Waals surface area contributed by atoms with Crippen LogP contribution in [0.2, 0.25) is 0 Å². The monoisotopic (exact) mass is 537 g/mol. The number of alkyl halides is 3. The predicted molar refractivity (Wildman–Crippen MR) is 133 cm³/mol. The van der Waals surface area contributed by atoms with Crippen LogP contribution >= 0.6 is 0 Å². The van der Waals surface area contributed by atoms with Gasteiger partial charge in [-0.25, -0.2) is 4.39 Å². The fraction of sp³-hybridized carbons (Fsp3) is 0.444. The number of aromatic nitrogens is 1. The van der Waals surface area contributed by atoms with Gasteiger partial charge in [0.2, 0.25) is 0 Å². The fourth-order valence-corrected chi connectivity index (χ4v) is 4.81. The van der Waals surface area contributed by atoms with Gasteiger partial charge in [0, 0.05) is 50.4 Å². The van der Waals surface area contributed by atoms with Crippen molar-refractivity contribution in [2.24, 2.45) is 0 Å². The molecule has 4 rings (SSSR count). The summed E-state index contributed by atoms with van der Waals surface area (Å²) >= 11 is 0. The van der Waals surface area contributed by atoms with E-state index < -0.39 is 17.9 Å². The van der Waals surface area contributed by atoms with Crippen LogP contribution in [0.1, 0.15) is 35.4 Å². The number of ether oxygens (including phenoxy) is 2. The van der Waals surface area contributed by atoms with Crippen molar-refractivity contribution in [2.45, 2.75) is 44.6 Å². The molecule has 1 aromatic heterocycles. The van der Waals surface area contributed by atoms with Gasteiger partial charge in [-0.3, -0.25) is 9.63 Å². The second-order valence-corrected chi connectivity index (χ2v) is 9.21. The lowest BCUT2D eigenvalue weighted by atomic mass is 9.88. The molecule has 3 aromatic rings. The molecule has 0 unspecified atom stereocenters. The maximum absolute atomic E-state index is 14.6. The van der Waals surface area contributed by atoms with Crippen molar-refractivity contribution in [3.05, 3.63) is 65.1 Å². The van der Waals surface area contributed by atoms with Crippen LogP contribution in [0.15, 0.2) is 42.6 Å². The van der Waals surface area contributed by atoms with E-state index in [1.807, 2.05) is 34.8 Å². The molecule has 0 bridgehead atoms. The number of hydrogen-bond donors (Lipinski definition) is 1. The summed E-state index contributed by atoms with van der Waals surface area (Å²) < 4.78 is 64.9. The molecule has 1 aliphatic rings. The number of piperidine rings is 1. The zero-order valence-electron chi connectivity index (χ0n) is 21.3. The number of carbonyl (C=O) groups excluding carboxylic acids is 1. The first-order valence-electron chi connectivity index (χ1n) is 12.4. The minimum absolute atomic E-state index is 0.107. The lowest BCUT2D eigenvalue weighted by molar-refractivity contribution is -0.180. The zero-order chi connectivity index (χ0) is 27.3. The zero-order valence-corrected chi connectivity index (χ0v) is 21.3. The van der Waals surface area contributed by atoms with Gasteiger partial charge in [-0.2, -0.15) is 18.2 Å². The van der Waals surface area contributed by atoms with E-state index in [1.165, 1.54) is 18.2 Å². The molecule has 11 heteroatoms. The summed E-state index contributed by atoms with van der Waals surface area (Å²) in [6, 6.07) is 10.0. The Labute approximate surface area is 218 Å². The van der Waals surface area contributed by atoms with E-state index in [-0.39, 0.29) is 12.5 Å². The number of hydroxylamine groups is 2. The summed E-state index contributed by atoms with van der Waals surface area (Å²) in [7, 11) is 3.29. The van der Waals surface area contributed by atoms with Crippen LogP contribution in [0, 0.1) is 5.82 Å². The summed E-state index contributed by atoms with van der Waals surface area (Å²) in [4.78, 5) is 17.2. The van der Waals surface area contributed by atoms with Crippen LogP contribution in [-0.2, 0) is 34.1 Å². The van der Waals surface area contributed by atoms with E-state index in [9.17, 15) is 22.4 Å². The standard InChI is InChI=1S/C27H31F4N3O4/c1-36-13-12-33-16-20(25-23(33)4-3-5-24(25)37-2)17-38-34-10-8-19(9-11-34)21-14-18(6-7-22(21)28)15-32-26(35)27(29,30)31/h3-7,14,16,19H,8-13,15,17H2,1-2H3,(H,32,35).